The fourth-order valence-electron chi connectivity index (χ4n) is 7.77. The lowest BCUT2D eigenvalue weighted by Crippen LogP contribution is -2.35. The number of carbonyl (C=O) groups is 2. The van der Waals surface area contributed by atoms with Crippen molar-refractivity contribution >= 4 is 69.1 Å². The van der Waals surface area contributed by atoms with Gasteiger partial charge in [-0.2, -0.15) is 0 Å². The summed E-state index contributed by atoms with van der Waals surface area (Å²) >= 11 is 11.3. The number of nitrogens with one attached hydrogen (secondary N) is 6. The highest BCUT2D eigenvalue weighted by atomic mass is 35.5. The van der Waals surface area contributed by atoms with Gasteiger partial charge in [0.1, 0.15) is 34.6 Å². The molecule has 2 saturated heterocycles. The van der Waals surface area contributed by atoms with Crippen molar-refractivity contribution in [3.8, 4) is 28.7 Å². The molecule has 19 heteroatoms. The van der Waals surface area contributed by atoms with Crippen molar-refractivity contribution in [3.05, 3.63) is 220 Å². The number of amides is 2. The maximum absolute atomic E-state index is 13.9. The molecule has 10 N–H and O–H groups in total. The monoisotopic (exact) mass is 1130 g/mol. The van der Waals surface area contributed by atoms with E-state index < -0.39 is 11.6 Å². The van der Waals surface area contributed by atoms with Gasteiger partial charge in [-0.1, -0.05) is 89.9 Å². The predicted octanol–water partition coefficient (Wildman–Crippen LogP) is 13.4. The Labute approximate surface area is 475 Å². The number of ether oxygens (including phenoxy) is 1. The molecular formula is C61H66Cl2F2N8O7. The summed E-state index contributed by atoms with van der Waals surface area (Å²) in [6, 6.07) is 52.4. The first-order valence-electron chi connectivity index (χ1n) is 25.2. The SMILES string of the molecule is CCNc1ccc(O)c(Cl)c1.CNc1ccc(O)c(C)c1.CNc1ccc(O)c(Cl)c1.CNc1ccc(O)cc1.COc1cccc(N2NC(=O)CC2c2ccccc2)c1.O=C1CC(c2ccccc2)N(c2ccc(F)cc2F)N1. The molecule has 8 aromatic rings. The summed E-state index contributed by atoms with van der Waals surface area (Å²) < 4.78 is 32.1. The Morgan fingerprint density at radius 1 is 0.562 bits per heavy atom. The number of anilines is 6. The second-order valence-electron chi connectivity index (χ2n) is 17.5. The molecule has 2 aliphatic rings. The number of benzene rings is 8. The van der Waals surface area contributed by atoms with Crippen molar-refractivity contribution < 1.29 is 43.5 Å². The lowest BCUT2D eigenvalue weighted by atomic mass is 10.0. The zero-order valence-electron chi connectivity index (χ0n) is 45.0. The molecule has 420 valence electrons. The highest BCUT2D eigenvalue weighted by molar-refractivity contribution is 6.32. The molecule has 15 nitrogen and oxygen atoms in total. The zero-order chi connectivity index (χ0) is 58.1. The largest absolute Gasteiger partial charge is 0.508 e. The van der Waals surface area contributed by atoms with Gasteiger partial charge in [-0.25, -0.2) is 8.78 Å². The van der Waals surface area contributed by atoms with Crippen LogP contribution in [0.15, 0.2) is 182 Å². The van der Waals surface area contributed by atoms with Crippen LogP contribution in [0, 0.1) is 18.6 Å². The van der Waals surface area contributed by atoms with Crippen LogP contribution < -0.4 is 46.9 Å². The lowest BCUT2D eigenvalue weighted by molar-refractivity contribution is -0.120. The van der Waals surface area contributed by atoms with Crippen LogP contribution >= 0.6 is 23.2 Å². The number of aromatic hydroxyl groups is 4. The number of carbonyl (C=O) groups excluding carboxylic acids is 2. The highest BCUT2D eigenvalue weighted by Crippen LogP contribution is 2.35. The molecule has 0 aliphatic carbocycles. The van der Waals surface area contributed by atoms with Crippen LogP contribution in [-0.2, 0) is 9.59 Å². The maximum Gasteiger partial charge on any atom is 0.241 e. The minimum atomic E-state index is -0.701. The second kappa shape index (κ2) is 31.4. The van der Waals surface area contributed by atoms with Crippen molar-refractivity contribution in [1.29, 1.82) is 0 Å². The Bertz CT molecular complexity index is 3170. The lowest BCUT2D eigenvalue weighted by Gasteiger charge is -2.26. The molecule has 0 aromatic heterocycles. The van der Waals surface area contributed by atoms with E-state index in [1.54, 1.807) is 68.8 Å². The number of phenolic OH excluding ortho intramolecular Hbond substituents is 4. The molecule has 2 heterocycles. The summed E-state index contributed by atoms with van der Waals surface area (Å²) in [5, 5.41) is 52.0. The van der Waals surface area contributed by atoms with E-state index in [1.807, 2.05) is 142 Å². The Morgan fingerprint density at radius 3 is 1.55 bits per heavy atom. The summed E-state index contributed by atoms with van der Waals surface area (Å²) in [5.74, 6) is 0.142. The molecule has 2 amide bonds. The molecule has 0 spiro atoms. The summed E-state index contributed by atoms with van der Waals surface area (Å²) in [5.41, 5.74) is 13.4. The fraction of sp³-hybridized carbons (Fsp3) is 0.180. The Balaban J connectivity index is 0.000000183. The van der Waals surface area contributed by atoms with Crippen LogP contribution in [0.4, 0.5) is 42.9 Å². The number of halogens is 4. The molecule has 0 bridgehead atoms. The normalized spacial score (nSPS) is 13.7. The van der Waals surface area contributed by atoms with Gasteiger partial charge >= 0.3 is 0 Å². The van der Waals surface area contributed by atoms with E-state index in [4.69, 9.17) is 48.4 Å². The van der Waals surface area contributed by atoms with E-state index in [1.165, 1.54) is 17.1 Å². The summed E-state index contributed by atoms with van der Waals surface area (Å²) in [4.78, 5) is 23.4. The van der Waals surface area contributed by atoms with Crippen LogP contribution in [-0.4, -0.2) is 67.0 Å². The van der Waals surface area contributed by atoms with Crippen LogP contribution in [0.25, 0.3) is 0 Å². The van der Waals surface area contributed by atoms with Crippen LogP contribution in [0.2, 0.25) is 10.0 Å². The molecule has 2 unspecified atom stereocenters. The summed E-state index contributed by atoms with van der Waals surface area (Å²) in [7, 11) is 7.12. The minimum Gasteiger partial charge on any atom is -0.508 e. The van der Waals surface area contributed by atoms with Crippen molar-refractivity contribution in [1.82, 2.24) is 10.9 Å². The molecule has 2 atom stereocenters. The topological polar surface area (TPSA) is 203 Å². The van der Waals surface area contributed by atoms with Gasteiger partial charge < -0.3 is 46.4 Å². The standard InChI is InChI=1S/C16H16N2O2.C15H12F2N2O.C8H10ClNO.C8H11NO.C7H8ClNO.C7H9NO/c1-20-14-9-5-8-13(10-14)18-15(11-16(19)17-18)12-6-3-2-4-7-12;16-11-6-7-13(12(17)8-11)19-14(9-15(20)18-19)10-4-2-1-3-5-10;1-2-10-6-3-4-8(11)7(9)5-6;1-6-5-7(9-2)3-4-8(6)10;1-9-5-2-3-7(10)6(8)4-5;1-8-6-2-4-7(9)5-3-6/h2-10,15H,11H2,1H3,(H,17,19);1-8,14H,9H2,(H,18,20);3-5,10-11H,2H2,1H3;3-5,9-10H,1-2H3;2-4,9-10H,1H3;2-5,8-9H,1H3. The van der Waals surface area contributed by atoms with Crippen LogP contribution in [0.5, 0.6) is 28.7 Å². The van der Waals surface area contributed by atoms with Gasteiger partial charge in [-0.3, -0.25) is 30.5 Å². The molecule has 0 saturated carbocycles. The molecule has 10 rings (SSSR count). The maximum atomic E-state index is 13.9. The van der Waals surface area contributed by atoms with Gasteiger partial charge in [0.15, 0.2) is 5.82 Å². The summed E-state index contributed by atoms with van der Waals surface area (Å²) in [6.45, 7) is 4.72. The Morgan fingerprint density at radius 2 is 1.05 bits per heavy atom. The van der Waals surface area contributed by atoms with Crippen molar-refractivity contribution in [2.75, 3.05) is 66.1 Å². The van der Waals surface area contributed by atoms with Gasteiger partial charge in [-0.15, -0.1) is 0 Å². The van der Waals surface area contributed by atoms with Gasteiger partial charge in [0.05, 0.1) is 53.5 Å². The number of nitrogens with zero attached hydrogens (tertiary/aromatic N) is 2. The molecule has 8 aromatic carbocycles. The third-order valence-corrected chi connectivity index (χ3v) is 12.6. The van der Waals surface area contributed by atoms with Gasteiger partial charge in [0.25, 0.3) is 0 Å². The van der Waals surface area contributed by atoms with Crippen molar-refractivity contribution in [2.24, 2.45) is 0 Å². The first kappa shape index (κ1) is 61.8. The third kappa shape index (κ3) is 18.8. The fourth-order valence-corrected chi connectivity index (χ4v) is 8.13. The van der Waals surface area contributed by atoms with E-state index in [-0.39, 0.29) is 47.5 Å². The predicted molar refractivity (Wildman–Crippen MR) is 318 cm³/mol. The van der Waals surface area contributed by atoms with Crippen molar-refractivity contribution in [3.63, 3.8) is 0 Å². The van der Waals surface area contributed by atoms with E-state index in [0.29, 0.717) is 28.0 Å². The number of hydrogen-bond acceptors (Lipinski definition) is 13. The van der Waals surface area contributed by atoms with Crippen molar-refractivity contribution in [2.45, 2.75) is 38.8 Å². The van der Waals surface area contributed by atoms with Crippen LogP contribution in [0.3, 0.4) is 0 Å². The molecule has 2 aliphatic heterocycles. The minimum absolute atomic E-state index is 0.0100. The molecule has 0 radical (unpaired) electrons. The van der Waals surface area contributed by atoms with E-state index in [9.17, 15) is 18.4 Å². The summed E-state index contributed by atoms with van der Waals surface area (Å²) in [6.07, 6.45) is 0.696. The van der Waals surface area contributed by atoms with Crippen LogP contribution in [0.1, 0.15) is 48.5 Å². The van der Waals surface area contributed by atoms with Gasteiger partial charge in [0, 0.05) is 62.6 Å². The number of hydrazine groups is 2. The van der Waals surface area contributed by atoms with Gasteiger partial charge in [0.2, 0.25) is 11.8 Å². The average Bonchev–Trinajstić information content (AvgIpc) is 4.07. The van der Waals surface area contributed by atoms with E-state index in [0.717, 1.165) is 63.5 Å². The molecule has 80 heavy (non-hydrogen) atoms. The average molecular weight is 1130 g/mol. The number of rotatable bonds is 10. The Hall–Kier alpha value is -9.06. The molecular weight excluding hydrogens is 1070 g/mol. The quantitative estimate of drug-likeness (QED) is 0.0580. The highest BCUT2D eigenvalue weighted by Gasteiger charge is 2.34. The third-order valence-electron chi connectivity index (χ3n) is 11.9. The molecule has 2 fully saturated rings. The Kier molecular flexibility index (Phi) is 24.2. The number of hydrogen-bond donors (Lipinski definition) is 10. The number of phenols is 4. The zero-order valence-corrected chi connectivity index (χ0v) is 46.5. The first-order chi connectivity index (χ1) is 38.5. The number of aryl methyl sites for hydroxylation is 1. The smallest absolute Gasteiger partial charge is 0.241 e. The first-order valence-corrected chi connectivity index (χ1v) is 25.9. The van der Waals surface area contributed by atoms with Gasteiger partial charge in [-0.05, 0) is 134 Å². The second-order valence-corrected chi connectivity index (χ2v) is 18.3. The van der Waals surface area contributed by atoms with E-state index >= 15 is 0 Å². The number of methoxy groups -OCH3 is 1. The van der Waals surface area contributed by atoms with E-state index in [2.05, 4.69) is 32.1 Å².